The van der Waals surface area contributed by atoms with E-state index in [4.69, 9.17) is 4.74 Å². The zero-order valence-electron chi connectivity index (χ0n) is 9.89. The lowest BCUT2D eigenvalue weighted by Gasteiger charge is -2.11. The van der Waals surface area contributed by atoms with Gasteiger partial charge in [-0.3, -0.25) is 4.79 Å². The average molecular weight is 206 g/mol. The molecule has 0 fully saturated rings. The monoisotopic (exact) mass is 206 g/mol. The summed E-state index contributed by atoms with van der Waals surface area (Å²) >= 11 is 0. The third-order valence-electron chi connectivity index (χ3n) is 2.73. The SMILES string of the molecule is CCCC(=O)c1ccc(OC)c(C)c1C. The molecule has 1 aromatic carbocycles. The van der Waals surface area contributed by atoms with Crippen molar-refractivity contribution in [3.8, 4) is 5.75 Å². The van der Waals surface area contributed by atoms with Gasteiger partial charge < -0.3 is 4.74 Å². The predicted molar refractivity (Wildman–Crippen MR) is 61.7 cm³/mol. The molecule has 82 valence electrons. The molecule has 0 N–H and O–H groups in total. The molecule has 0 atom stereocenters. The van der Waals surface area contributed by atoms with Gasteiger partial charge in [-0.15, -0.1) is 0 Å². The summed E-state index contributed by atoms with van der Waals surface area (Å²) in [6.45, 7) is 5.97. The summed E-state index contributed by atoms with van der Waals surface area (Å²) in [5.41, 5.74) is 2.92. The van der Waals surface area contributed by atoms with Crippen LogP contribution < -0.4 is 4.74 Å². The van der Waals surface area contributed by atoms with E-state index in [1.807, 2.05) is 32.9 Å². The van der Waals surface area contributed by atoms with Crippen molar-refractivity contribution in [3.63, 3.8) is 0 Å². The molecule has 0 saturated heterocycles. The highest BCUT2D eigenvalue weighted by Crippen LogP contribution is 2.24. The third kappa shape index (κ3) is 2.38. The van der Waals surface area contributed by atoms with Gasteiger partial charge in [0, 0.05) is 12.0 Å². The molecule has 1 aromatic rings. The molecule has 0 aromatic heterocycles. The zero-order valence-corrected chi connectivity index (χ0v) is 9.89. The van der Waals surface area contributed by atoms with Crippen molar-refractivity contribution in [2.24, 2.45) is 0 Å². The summed E-state index contributed by atoms with van der Waals surface area (Å²) < 4.78 is 5.21. The Labute approximate surface area is 91.3 Å². The molecule has 0 saturated carbocycles. The van der Waals surface area contributed by atoms with E-state index in [1.165, 1.54) is 0 Å². The number of carbonyl (C=O) groups excluding carboxylic acids is 1. The quantitative estimate of drug-likeness (QED) is 0.706. The van der Waals surface area contributed by atoms with Crippen molar-refractivity contribution in [2.75, 3.05) is 7.11 Å². The summed E-state index contributed by atoms with van der Waals surface area (Å²) in [7, 11) is 1.65. The normalized spacial score (nSPS) is 10.1. The Bertz CT molecular complexity index is 367. The molecule has 0 spiro atoms. The first-order valence-corrected chi connectivity index (χ1v) is 5.29. The van der Waals surface area contributed by atoms with Crippen molar-refractivity contribution in [1.82, 2.24) is 0 Å². The van der Waals surface area contributed by atoms with Crippen molar-refractivity contribution >= 4 is 5.78 Å². The van der Waals surface area contributed by atoms with Crippen LogP contribution in [0.15, 0.2) is 12.1 Å². The van der Waals surface area contributed by atoms with Gasteiger partial charge in [-0.1, -0.05) is 6.92 Å². The second-order valence-corrected chi connectivity index (χ2v) is 3.74. The van der Waals surface area contributed by atoms with Gasteiger partial charge in [0.2, 0.25) is 0 Å². The fraction of sp³-hybridized carbons (Fsp3) is 0.462. The van der Waals surface area contributed by atoms with E-state index in [0.717, 1.165) is 28.9 Å². The molecule has 1 rings (SSSR count). The molecule has 15 heavy (non-hydrogen) atoms. The number of hydrogen-bond donors (Lipinski definition) is 0. The number of benzene rings is 1. The molecule has 0 amide bonds. The van der Waals surface area contributed by atoms with Gasteiger partial charge in [0.25, 0.3) is 0 Å². The number of carbonyl (C=O) groups is 1. The molecule has 0 aliphatic carbocycles. The van der Waals surface area contributed by atoms with E-state index in [9.17, 15) is 4.79 Å². The van der Waals surface area contributed by atoms with Gasteiger partial charge in [-0.25, -0.2) is 0 Å². The Kier molecular flexibility index (Phi) is 3.89. The van der Waals surface area contributed by atoms with Crippen molar-refractivity contribution in [2.45, 2.75) is 33.6 Å². The lowest BCUT2D eigenvalue weighted by molar-refractivity contribution is 0.0981. The molecular formula is C13H18O2. The summed E-state index contributed by atoms with van der Waals surface area (Å²) in [6, 6.07) is 3.73. The molecule has 2 heteroatoms. The van der Waals surface area contributed by atoms with Crippen molar-refractivity contribution < 1.29 is 9.53 Å². The molecule has 0 aliphatic rings. The largest absolute Gasteiger partial charge is 0.496 e. The van der Waals surface area contributed by atoms with Gasteiger partial charge in [-0.2, -0.15) is 0 Å². The second kappa shape index (κ2) is 4.96. The first-order valence-electron chi connectivity index (χ1n) is 5.29. The summed E-state index contributed by atoms with van der Waals surface area (Å²) in [5, 5.41) is 0. The minimum Gasteiger partial charge on any atom is -0.496 e. The Morgan fingerprint density at radius 2 is 1.93 bits per heavy atom. The number of ether oxygens (including phenoxy) is 1. The van der Waals surface area contributed by atoms with Gasteiger partial charge >= 0.3 is 0 Å². The van der Waals surface area contributed by atoms with Gasteiger partial charge in [0.05, 0.1) is 7.11 Å². The van der Waals surface area contributed by atoms with Crippen LogP contribution in [0.4, 0.5) is 0 Å². The van der Waals surface area contributed by atoms with Crippen molar-refractivity contribution in [3.05, 3.63) is 28.8 Å². The fourth-order valence-electron chi connectivity index (χ4n) is 1.68. The van der Waals surface area contributed by atoms with Gasteiger partial charge in [0.1, 0.15) is 5.75 Å². The van der Waals surface area contributed by atoms with Crippen LogP contribution >= 0.6 is 0 Å². The maximum atomic E-state index is 11.8. The number of ketones is 1. The fourth-order valence-corrected chi connectivity index (χ4v) is 1.68. The van der Waals surface area contributed by atoms with Crippen LogP contribution in [0.5, 0.6) is 5.75 Å². The number of rotatable bonds is 4. The number of Topliss-reactive ketones (excluding diaryl/α,β-unsaturated/α-hetero) is 1. The second-order valence-electron chi connectivity index (χ2n) is 3.74. The summed E-state index contributed by atoms with van der Waals surface area (Å²) in [4.78, 5) is 11.8. The van der Waals surface area contributed by atoms with E-state index in [-0.39, 0.29) is 5.78 Å². The zero-order chi connectivity index (χ0) is 11.4. The maximum Gasteiger partial charge on any atom is 0.163 e. The first kappa shape index (κ1) is 11.8. The Balaban J connectivity index is 3.11. The number of hydrogen-bond acceptors (Lipinski definition) is 2. The van der Waals surface area contributed by atoms with Crippen LogP contribution in [0.2, 0.25) is 0 Å². The number of methoxy groups -OCH3 is 1. The highest BCUT2D eigenvalue weighted by atomic mass is 16.5. The highest BCUT2D eigenvalue weighted by molar-refractivity contribution is 5.97. The standard InChI is InChI=1S/C13H18O2/c1-5-6-12(14)11-7-8-13(15-4)10(3)9(11)2/h7-8H,5-6H2,1-4H3. The van der Waals surface area contributed by atoms with Gasteiger partial charge in [-0.05, 0) is 43.5 Å². The third-order valence-corrected chi connectivity index (χ3v) is 2.73. The molecular weight excluding hydrogens is 188 g/mol. The summed E-state index contributed by atoms with van der Waals surface area (Å²) in [5.74, 6) is 1.07. The van der Waals surface area contributed by atoms with E-state index < -0.39 is 0 Å². The topological polar surface area (TPSA) is 26.3 Å². The van der Waals surface area contributed by atoms with E-state index in [1.54, 1.807) is 7.11 Å². The molecule has 0 unspecified atom stereocenters. The van der Waals surface area contributed by atoms with Gasteiger partial charge in [0.15, 0.2) is 5.78 Å². The van der Waals surface area contributed by atoms with Crippen LogP contribution in [-0.4, -0.2) is 12.9 Å². The molecule has 0 radical (unpaired) electrons. The molecule has 0 heterocycles. The van der Waals surface area contributed by atoms with Crippen LogP contribution in [0.3, 0.4) is 0 Å². The molecule has 2 nitrogen and oxygen atoms in total. The van der Waals surface area contributed by atoms with E-state index in [2.05, 4.69) is 0 Å². The maximum absolute atomic E-state index is 11.8. The highest BCUT2D eigenvalue weighted by Gasteiger charge is 2.11. The Hall–Kier alpha value is -1.31. The van der Waals surface area contributed by atoms with Crippen LogP contribution in [0.25, 0.3) is 0 Å². The average Bonchev–Trinajstić information content (AvgIpc) is 2.22. The lowest BCUT2D eigenvalue weighted by atomic mass is 9.97. The van der Waals surface area contributed by atoms with E-state index >= 15 is 0 Å². The van der Waals surface area contributed by atoms with E-state index in [0.29, 0.717) is 6.42 Å². The lowest BCUT2D eigenvalue weighted by Crippen LogP contribution is -2.03. The Morgan fingerprint density at radius 1 is 1.27 bits per heavy atom. The van der Waals surface area contributed by atoms with Crippen LogP contribution in [0.1, 0.15) is 41.3 Å². The first-order chi connectivity index (χ1) is 7.11. The smallest absolute Gasteiger partial charge is 0.163 e. The minimum atomic E-state index is 0.223. The Morgan fingerprint density at radius 3 is 2.47 bits per heavy atom. The minimum absolute atomic E-state index is 0.223. The molecule has 0 aliphatic heterocycles. The molecule has 0 bridgehead atoms. The van der Waals surface area contributed by atoms with Crippen LogP contribution in [-0.2, 0) is 0 Å². The predicted octanol–water partition coefficient (Wildman–Crippen LogP) is 3.29. The van der Waals surface area contributed by atoms with Crippen molar-refractivity contribution in [1.29, 1.82) is 0 Å². The van der Waals surface area contributed by atoms with Crippen LogP contribution in [0, 0.1) is 13.8 Å². The summed E-state index contributed by atoms with van der Waals surface area (Å²) in [6.07, 6.45) is 1.51.